The summed E-state index contributed by atoms with van der Waals surface area (Å²) in [7, 11) is 0. The molecule has 0 aliphatic heterocycles. The Morgan fingerprint density at radius 3 is 2.67 bits per heavy atom. The van der Waals surface area contributed by atoms with Gasteiger partial charge >= 0.3 is 0 Å². The van der Waals surface area contributed by atoms with Gasteiger partial charge in [-0.3, -0.25) is 9.59 Å². The van der Waals surface area contributed by atoms with E-state index in [9.17, 15) is 9.59 Å². The second-order valence-corrected chi connectivity index (χ2v) is 7.32. The molecular weight excluding hydrogens is 340 g/mol. The second-order valence-electron chi connectivity index (χ2n) is 5.22. The number of carbonyl (C=O) groups excluding carboxylic acids is 2. The lowest BCUT2D eigenvalue weighted by molar-refractivity contribution is -0.113. The Bertz CT molecular complexity index is 856. The van der Waals surface area contributed by atoms with E-state index < -0.39 is 0 Å². The standard InChI is InChI=1S/C18H16N2O2S2/c1-12(21)13-6-2-3-7-14(13)19-17(22)10-23-11-18-20-15-8-4-5-9-16(15)24-18/h2-9H,10-11H2,1H3,(H,19,22). The van der Waals surface area contributed by atoms with Gasteiger partial charge in [-0.15, -0.1) is 23.1 Å². The molecule has 6 heteroatoms. The Labute approximate surface area is 148 Å². The number of para-hydroxylation sites is 2. The van der Waals surface area contributed by atoms with Crippen molar-refractivity contribution in [2.75, 3.05) is 11.1 Å². The molecule has 1 aromatic heterocycles. The number of amides is 1. The molecule has 0 aliphatic carbocycles. The summed E-state index contributed by atoms with van der Waals surface area (Å²) in [5.41, 5.74) is 2.09. The minimum Gasteiger partial charge on any atom is -0.325 e. The molecule has 2 aromatic carbocycles. The Balaban J connectivity index is 1.55. The van der Waals surface area contributed by atoms with Crippen LogP contribution in [0.15, 0.2) is 48.5 Å². The smallest absolute Gasteiger partial charge is 0.234 e. The van der Waals surface area contributed by atoms with Crippen molar-refractivity contribution >= 4 is 50.7 Å². The first-order valence-electron chi connectivity index (χ1n) is 7.45. The minimum absolute atomic E-state index is 0.0620. The molecule has 0 spiro atoms. The highest BCUT2D eigenvalue weighted by Crippen LogP contribution is 2.25. The number of Topliss-reactive ketones (excluding diaryl/α,β-unsaturated/α-hetero) is 1. The van der Waals surface area contributed by atoms with Crippen molar-refractivity contribution in [1.29, 1.82) is 0 Å². The number of ketones is 1. The summed E-state index contributed by atoms with van der Waals surface area (Å²) in [5.74, 6) is 0.839. The first-order valence-corrected chi connectivity index (χ1v) is 9.42. The first kappa shape index (κ1) is 16.7. The predicted molar refractivity (Wildman–Crippen MR) is 101 cm³/mol. The number of thioether (sulfide) groups is 1. The molecule has 0 saturated carbocycles. The van der Waals surface area contributed by atoms with Crippen LogP contribution in [0.4, 0.5) is 5.69 Å². The topological polar surface area (TPSA) is 59.1 Å². The van der Waals surface area contributed by atoms with E-state index in [1.807, 2.05) is 24.3 Å². The number of hydrogen-bond donors (Lipinski definition) is 1. The van der Waals surface area contributed by atoms with E-state index >= 15 is 0 Å². The normalized spacial score (nSPS) is 10.7. The predicted octanol–water partition coefficient (Wildman–Crippen LogP) is 4.37. The van der Waals surface area contributed by atoms with Gasteiger partial charge in [-0.2, -0.15) is 0 Å². The number of thiazole rings is 1. The van der Waals surface area contributed by atoms with E-state index in [1.165, 1.54) is 18.7 Å². The van der Waals surface area contributed by atoms with Gasteiger partial charge in [0, 0.05) is 11.3 Å². The van der Waals surface area contributed by atoms with Crippen LogP contribution in [0.2, 0.25) is 0 Å². The van der Waals surface area contributed by atoms with Crippen LogP contribution in [-0.2, 0) is 10.5 Å². The number of anilines is 1. The molecule has 1 amide bonds. The summed E-state index contributed by atoms with van der Waals surface area (Å²) in [4.78, 5) is 28.2. The summed E-state index contributed by atoms with van der Waals surface area (Å²) in [6, 6.07) is 15.1. The van der Waals surface area contributed by atoms with Crippen molar-refractivity contribution in [2.45, 2.75) is 12.7 Å². The molecule has 0 atom stereocenters. The number of aromatic nitrogens is 1. The van der Waals surface area contributed by atoms with Crippen LogP contribution >= 0.6 is 23.1 Å². The van der Waals surface area contributed by atoms with E-state index in [1.54, 1.807) is 35.6 Å². The van der Waals surface area contributed by atoms with Crippen LogP contribution in [0.1, 0.15) is 22.3 Å². The van der Waals surface area contributed by atoms with E-state index in [0.29, 0.717) is 22.8 Å². The molecule has 3 rings (SSSR count). The summed E-state index contributed by atoms with van der Waals surface area (Å²) in [6.45, 7) is 1.49. The van der Waals surface area contributed by atoms with E-state index in [0.717, 1.165) is 15.2 Å². The van der Waals surface area contributed by atoms with Gasteiger partial charge in [-0.1, -0.05) is 24.3 Å². The molecule has 0 aliphatic rings. The van der Waals surface area contributed by atoms with Crippen LogP contribution in [0.5, 0.6) is 0 Å². The van der Waals surface area contributed by atoms with Gasteiger partial charge in [0.05, 0.1) is 21.7 Å². The zero-order valence-corrected chi connectivity index (χ0v) is 14.7. The Morgan fingerprint density at radius 2 is 1.88 bits per heavy atom. The van der Waals surface area contributed by atoms with Crippen molar-refractivity contribution in [1.82, 2.24) is 4.98 Å². The molecule has 0 fully saturated rings. The molecule has 0 radical (unpaired) electrons. The molecule has 0 unspecified atom stereocenters. The molecular formula is C18H16N2O2S2. The lowest BCUT2D eigenvalue weighted by Crippen LogP contribution is -2.16. The average molecular weight is 356 g/mol. The second kappa shape index (κ2) is 7.59. The van der Waals surface area contributed by atoms with E-state index in [4.69, 9.17) is 0 Å². The molecule has 3 aromatic rings. The van der Waals surface area contributed by atoms with Gasteiger partial charge in [0.1, 0.15) is 5.01 Å². The van der Waals surface area contributed by atoms with Crippen LogP contribution in [-0.4, -0.2) is 22.4 Å². The summed E-state index contributed by atoms with van der Waals surface area (Å²) >= 11 is 3.17. The SMILES string of the molecule is CC(=O)c1ccccc1NC(=O)CSCc1nc2ccccc2s1. The third-order valence-electron chi connectivity index (χ3n) is 3.38. The van der Waals surface area contributed by atoms with Crippen LogP contribution < -0.4 is 5.32 Å². The summed E-state index contributed by atoms with van der Waals surface area (Å²) < 4.78 is 1.16. The van der Waals surface area contributed by atoms with Crippen molar-refractivity contribution in [3.05, 3.63) is 59.1 Å². The van der Waals surface area contributed by atoms with Crippen molar-refractivity contribution in [2.24, 2.45) is 0 Å². The fraction of sp³-hybridized carbons (Fsp3) is 0.167. The van der Waals surface area contributed by atoms with Crippen LogP contribution in [0.25, 0.3) is 10.2 Å². The first-order chi connectivity index (χ1) is 11.6. The van der Waals surface area contributed by atoms with Crippen LogP contribution in [0.3, 0.4) is 0 Å². The van der Waals surface area contributed by atoms with Gasteiger partial charge in [0.25, 0.3) is 0 Å². The van der Waals surface area contributed by atoms with Crippen LogP contribution in [0, 0.1) is 0 Å². The molecule has 122 valence electrons. The maximum Gasteiger partial charge on any atom is 0.234 e. The number of nitrogens with one attached hydrogen (secondary N) is 1. The van der Waals surface area contributed by atoms with Gasteiger partial charge in [0.15, 0.2) is 5.78 Å². The lowest BCUT2D eigenvalue weighted by atomic mass is 10.1. The number of hydrogen-bond acceptors (Lipinski definition) is 5. The Kier molecular flexibility index (Phi) is 5.27. The highest BCUT2D eigenvalue weighted by molar-refractivity contribution is 7.99. The molecule has 0 bridgehead atoms. The molecule has 1 N–H and O–H groups in total. The number of nitrogens with zero attached hydrogens (tertiary/aromatic N) is 1. The third kappa shape index (κ3) is 4.01. The van der Waals surface area contributed by atoms with E-state index in [-0.39, 0.29) is 11.7 Å². The molecule has 1 heterocycles. The lowest BCUT2D eigenvalue weighted by Gasteiger charge is -2.08. The largest absolute Gasteiger partial charge is 0.325 e. The summed E-state index contributed by atoms with van der Waals surface area (Å²) in [6.07, 6.45) is 0. The fourth-order valence-corrected chi connectivity index (χ4v) is 4.15. The third-order valence-corrected chi connectivity index (χ3v) is 5.54. The number of benzene rings is 2. The summed E-state index contributed by atoms with van der Waals surface area (Å²) in [5, 5.41) is 3.82. The quantitative estimate of drug-likeness (QED) is 0.666. The fourth-order valence-electron chi connectivity index (χ4n) is 2.30. The van der Waals surface area contributed by atoms with Gasteiger partial charge < -0.3 is 5.32 Å². The zero-order chi connectivity index (χ0) is 16.9. The molecule has 0 saturated heterocycles. The molecule has 24 heavy (non-hydrogen) atoms. The van der Waals surface area contributed by atoms with E-state index in [2.05, 4.69) is 10.3 Å². The van der Waals surface area contributed by atoms with Crippen molar-refractivity contribution in [3.63, 3.8) is 0 Å². The van der Waals surface area contributed by atoms with Gasteiger partial charge in [-0.05, 0) is 31.2 Å². The maximum atomic E-state index is 12.1. The number of fused-ring (bicyclic) bond motifs is 1. The number of rotatable bonds is 6. The Morgan fingerprint density at radius 1 is 1.12 bits per heavy atom. The van der Waals surface area contributed by atoms with Crippen molar-refractivity contribution in [3.8, 4) is 0 Å². The minimum atomic E-state index is -0.116. The maximum absolute atomic E-state index is 12.1. The molecule has 4 nitrogen and oxygen atoms in total. The van der Waals surface area contributed by atoms with Gasteiger partial charge in [0.2, 0.25) is 5.91 Å². The number of carbonyl (C=O) groups is 2. The van der Waals surface area contributed by atoms with Crippen molar-refractivity contribution < 1.29 is 9.59 Å². The zero-order valence-electron chi connectivity index (χ0n) is 13.1. The Hall–Kier alpha value is -2.18. The average Bonchev–Trinajstić information content (AvgIpc) is 2.97. The highest BCUT2D eigenvalue weighted by Gasteiger charge is 2.10. The highest BCUT2D eigenvalue weighted by atomic mass is 32.2. The monoisotopic (exact) mass is 356 g/mol. The van der Waals surface area contributed by atoms with Gasteiger partial charge in [-0.25, -0.2) is 4.98 Å².